The van der Waals surface area contributed by atoms with Gasteiger partial charge in [0, 0.05) is 11.3 Å². The predicted octanol–water partition coefficient (Wildman–Crippen LogP) is 3.08. The third-order valence-corrected chi connectivity index (χ3v) is 3.36. The van der Waals surface area contributed by atoms with Crippen LogP contribution in [0.25, 0.3) is 11.1 Å². The number of aromatic nitrogens is 1. The number of hydrogen-bond acceptors (Lipinski definition) is 4. The van der Waals surface area contributed by atoms with Crippen LogP contribution in [0.5, 0.6) is 5.75 Å². The lowest BCUT2D eigenvalue weighted by Crippen LogP contribution is -2.05. The number of rotatable bonds is 3. The first-order valence-electron chi connectivity index (χ1n) is 6.45. The molecule has 0 aliphatic carbocycles. The minimum Gasteiger partial charge on any atom is -0.497 e. The molecule has 0 unspecified atom stereocenters. The topological polar surface area (TPSA) is 71.9 Å². The maximum absolute atomic E-state index is 9.40. The number of nitrogens with zero attached hydrogens (tertiary/aromatic N) is 2. The number of anilines is 1. The molecule has 0 aliphatic heterocycles. The van der Waals surface area contributed by atoms with Crippen molar-refractivity contribution < 1.29 is 4.74 Å². The predicted molar refractivity (Wildman–Crippen MR) is 79.5 cm³/mol. The zero-order valence-electron chi connectivity index (χ0n) is 11.9. The van der Waals surface area contributed by atoms with Crippen LogP contribution in [0.2, 0.25) is 0 Å². The Hall–Kier alpha value is -2.54. The molecule has 102 valence electrons. The Morgan fingerprint density at radius 1 is 1.40 bits per heavy atom. The van der Waals surface area contributed by atoms with E-state index in [0.717, 1.165) is 34.6 Å². The Morgan fingerprint density at radius 2 is 2.15 bits per heavy atom. The highest BCUT2D eigenvalue weighted by Gasteiger charge is 2.17. The second kappa shape index (κ2) is 5.62. The number of pyridine rings is 1. The lowest BCUT2D eigenvalue weighted by atomic mass is 9.93. The summed E-state index contributed by atoms with van der Waals surface area (Å²) in [7, 11) is 1.62. The number of ether oxygens (including phenoxy) is 1. The van der Waals surface area contributed by atoms with Crippen LogP contribution in [0.3, 0.4) is 0 Å². The number of methoxy groups -OCH3 is 1. The molecule has 1 aromatic heterocycles. The minimum atomic E-state index is 0.278. The maximum atomic E-state index is 9.40. The van der Waals surface area contributed by atoms with Crippen molar-refractivity contribution in [3.8, 4) is 22.9 Å². The first-order chi connectivity index (χ1) is 9.62. The third-order valence-electron chi connectivity index (χ3n) is 3.36. The van der Waals surface area contributed by atoms with E-state index in [4.69, 9.17) is 10.5 Å². The van der Waals surface area contributed by atoms with Crippen LogP contribution >= 0.6 is 0 Å². The molecular weight excluding hydrogens is 250 g/mol. The van der Waals surface area contributed by atoms with Gasteiger partial charge in [-0.1, -0.05) is 19.1 Å². The standard InChI is InChI=1S/C16H17N3O/c1-4-13-10(2)19-16(18)14(9-17)15(13)11-6-5-7-12(8-11)20-3/h5-8H,4H2,1-3H3,(H2,18,19). The molecule has 0 atom stereocenters. The highest BCUT2D eigenvalue weighted by molar-refractivity contribution is 5.79. The molecule has 0 bridgehead atoms. The number of nitriles is 1. The summed E-state index contributed by atoms with van der Waals surface area (Å²) in [4.78, 5) is 4.27. The van der Waals surface area contributed by atoms with Gasteiger partial charge in [-0.05, 0) is 36.6 Å². The Bertz CT molecular complexity index is 687. The second-order valence-electron chi connectivity index (χ2n) is 4.51. The van der Waals surface area contributed by atoms with Gasteiger partial charge in [0.25, 0.3) is 0 Å². The SMILES string of the molecule is CCc1c(C)nc(N)c(C#N)c1-c1cccc(OC)c1. The normalized spacial score (nSPS) is 10.1. The van der Waals surface area contributed by atoms with Crippen LogP contribution in [-0.4, -0.2) is 12.1 Å². The fraction of sp³-hybridized carbons (Fsp3) is 0.250. The Balaban J connectivity index is 2.80. The van der Waals surface area contributed by atoms with E-state index in [1.165, 1.54) is 0 Å². The Labute approximate surface area is 118 Å². The molecule has 0 saturated heterocycles. The van der Waals surface area contributed by atoms with Gasteiger partial charge in [-0.2, -0.15) is 5.26 Å². The highest BCUT2D eigenvalue weighted by Crippen LogP contribution is 2.33. The van der Waals surface area contributed by atoms with E-state index >= 15 is 0 Å². The molecule has 1 aromatic carbocycles. The zero-order valence-corrected chi connectivity index (χ0v) is 11.9. The second-order valence-corrected chi connectivity index (χ2v) is 4.51. The molecule has 4 nitrogen and oxygen atoms in total. The lowest BCUT2D eigenvalue weighted by Gasteiger charge is -2.15. The van der Waals surface area contributed by atoms with Gasteiger partial charge in [0.05, 0.1) is 7.11 Å². The van der Waals surface area contributed by atoms with Crippen molar-refractivity contribution in [1.82, 2.24) is 4.98 Å². The van der Waals surface area contributed by atoms with Crippen LogP contribution in [0.15, 0.2) is 24.3 Å². The molecule has 0 spiro atoms. The molecule has 2 aromatic rings. The lowest BCUT2D eigenvalue weighted by molar-refractivity contribution is 0.415. The van der Waals surface area contributed by atoms with Crippen LogP contribution in [0.1, 0.15) is 23.7 Å². The molecule has 0 saturated carbocycles. The molecule has 1 heterocycles. The summed E-state index contributed by atoms with van der Waals surface area (Å²) in [6.45, 7) is 3.96. The van der Waals surface area contributed by atoms with E-state index in [0.29, 0.717) is 5.56 Å². The number of hydrogen-bond donors (Lipinski definition) is 1. The number of nitrogens with two attached hydrogens (primary N) is 1. The van der Waals surface area contributed by atoms with Gasteiger partial charge in [0.1, 0.15) is 23.2 Å². The van der Waals surface area contributed by atoms with Crippen LogP contribution in [0, 0.1) is 18.3 Å². The quantitative estimate of drug-likeness (QED) is 0.927. The van der Waals surface area contributed by atoms with E-state index in [1.54, 1.807) is 7.11 Å². The van der Waals surface area contributed by atoms with Crippen molar-refractivity contribution in [1.29, 1.82) is 5.26 Å². The number of benzene rings is 1. The van der Waals surface area contributed by atoms with Crippen molar-refractivity contribution >= 4 is 5.82 Å². The van der Waals surface area contributed by atoms with Gasteiger partial charge >= 0.3 is 0 Å². The van der Waals surface area contributed by atoms with Gasteiger partial charge in [0.2, 0.25) is 0 Å². The van der Waals surface area contributed by atoms with E-state index in [-0.39, 0.29) is 5.82 Å². The van der Waals surface area contributed by atoms with Gasteiger partial charge in [-0.3, -0.25) is 0 Å². The average molecular weight is 267 g/mol. The number of aryl methyl sites for hydroxylation is 1. The minimum absolute atomic E-state index is 0.278. The summed E-state index contributed by atoms with van der Waals surface area (Å²) in [5.41, 5.74) is 10.0. The molecule has 0 radical (unpaired) electrons. The van der Waals surface area contributed by atoms with Crippen molar-refractivity contribution in [2.75, 3.05) is 12.8 Å². The molecule has 2 N–H and O–H groups in total. The van der Waals surface area contributed by atoms with Crippen LogP contribution in [0.4, 0.5) is 5.82 Å². The van der Waals surface area contributed by atoms with Gasteiger partial charge in [-0.25, -0.2) is 4.98 Å². The summed E-state index contributed by atoms with van der Waals surface area (Å²) >= 11 is 0. The summed E-state index contributed by atoms with van der Waals surface area (Å²) in [6.07, 6.45) is 0.792. The van der Waals surface area contributed by atoms with E-state index in [1.807, 2.05) is 38.1 Å². The van der Waals surface area contributed by atoms with Crippen molar-refractivity contribution in [3.63, 3.8) is 0 Å². The van der Waals surface area contributed by atoms with Crippen molar-refractivity contribution in [2.24, 2.45) is 0 Å². The zero-order chi connectivity index (χ0) is 14.7. The molecule has 0 aliphatic rings. The smallest absolute Gasteiger partial charge is 0.142 e. The fourth-order valence-corrected chi connectivity index (χ4v) is 2.41. The summed E-state index contributed by atoms with van der Waals surface area (Å²) in [5.74, 6) is 1.03. The van der Waals surface area contributed by atoms with E-state index in [9.17, 15) is 5.26 Å². The maximum Gasteiger partial charge on any atom is 0.142 e. The summed E-state index contributed by atoms with van der Waals surface area (Å²) < 4.78 is 5.25. The Kier molecular flexibility index (Phi) is 3.90. The molecule has 4 heteroatoms. The first kappa shape index (κ1) is 13.9. The largest absolute Gasteiger partial charge is 0.497 e. The van der Waals surface area contributed by atoms with Crippen LogP contribution < -0.4 is 10.5 Å². The average Bonchev–Trinajstić information content (AvgIpc) is 2.46. The summed E-state index contributed by atoms with van der Waals surface area (Å²) in [6, 6.07) is 9.82. The van der Waals surface area contributed by atoms with Crippen molar-refractivity contribution in [3.05, 3.63) is 41.1 Å². The first-order valence-corrected chi connectivity index (χ1v) is 6.45. The molecule has 0 amide bonds. The van der Waals surface area contributed by atoms with E-state index in [2.05, 4.69) is 11.1 Å². The Morgan fingerprint density at radius 3 is 2.75 bits per heavy atom. The molecule has 20 heavy (non-hydrogen) atoms. The monoisotopic (exact) mass is 267 g/mol. The highest BCUT2D eigenvalue weighted by atomic mass is 16.5. The van der Waals surface area contributed by atoms with Crippen molar-refractivity contribution in [2.45, 2.75) is 20.3 Å². The molecule has 2 rings (SSSR count). The summed E-state index contributed by atoms with van der Waals surface area (Å²) in [5, 5.41) is 9.40. The molecular formula is C16H17N3O. The molecule has 0 fully saturated rings. The fourth-order valence-electron chi connectivity index (χ4n) is 2.41. The van der Waals surface area contributed by atoms with Gasteiger partial charge in [0.15, 0.2) is 0 Å². The third kappa shape index (κ3) is 2.30. The van der Waals surface area contributed by atoms with Crippen LogP contribution in [-0.2, 0) is 6.42 Å². The van der Waals surface area contributed by atoms with E-state index < -0.39 is 0 Å². The van der Waals surface area contributed by atoms with Gasteiger partial charge < -0.3 is 10.5 Å². The van der Waals surface area contributed by atoms with Gasteiger partial charge in [-0.15, -0.1) is 0 Å². The number of nitrogen functional groups attached to an aromatic ring is 1.